The third-order valence-corrected chi connectivity index (χ3v) is 2.89. The number of ether oxygens (including phenoxy) is 1. The summed E-state index contributed by atoms with van der Waals surface area (Å²) < 4.78 is 18.3. The Hall–Kier alpha value is -1.91. The van der Waals surface area contributed by atoms with Gasteiger partial charge in [0, 0.05) is 31.5 Å². The zero-order valence-electron chi connectivity index (χ0n) is 9.89. The lowest BCUT2D eigenvalue weighted by molar-refractivity contribution is -0.121. The van der Waals surface area contributed by atoms with Gasteiger partial charge in [0.1, 0.15) is 18.2 Å². The van der Waals surface area contributed by atoms with Crippen molar-refractivity contribution in [3.8, 4) is 0 Å². The molecule has 0 radical (unpaired) electrons. The van der Waals surface area contributed by atoms with Crippen molar-refractivity contribution in [2.75, 3.05) is 13.1 Å². The van der Waals surface area contributed by atoms with E-state index in [1.54, 1.807) is 18.2 Å². The molecule has 0 bridgehead atoms. The second kappa shape index (κ2) is 5.62. The number of carbonyl (C=O) groups is 2. The van der Waals surface area contributed by atoms with E-state index in [9.17, 15) is 14.0 Å². The van der Waals surface area contributed by atoms with Crippen LogP contribution in [0.2, 0.25) is 0 Å². The van der Waals surface area contributed by atoms with Crippen molar-refractivity contribution in [1.82, 2.24) is 4.90 Å². The minimum atomic E-state index is -0.495. The highest BCUT2D eigenvalue weighted by Gasteiger charge is 2.21. The Morgan fingerprint density at radius 3 is 2.61 bits per heavy atom. The maximum Gasteiger partial charge on any atom is 0.410 e. The first kappa shape index (κ1) is 12.5. The van der Waals surface area contributed by atoms with Crippen LogP contribution in [0.4, 0.5) is 9.18 Å². The van der Waals surface area contributed by atoms with E-state index in [1.807, 2.05) is 0 Å². The van der Waals surface area contributed by atoms with Crippen molar-refractivity contribution in [2.24, 2.45) is 0 Å². The van der Waals surface area contributed by atoms with Crippen LogP contribution in [0.1, 0.15) is 18.4 Å². The number of nitrogens with zero attached hydrogens (tertiary/aromatic N) is 1. The van der Waals surface area contributed by atoms with Crippen LogP contribution >= 0.6 is 0 Å². The molecule has 1 fully saturated rings. The maximum absolute atomic E-state index is 13.3. The number of carbonyl (C=O) groups excluding carboxylic acids is 2. The lowest BCUT2D eigenvalue weighted by atomic mass is 10.1. The average molecular weight is 251 g/mol. The number of halogens is 1. The summed E-state index contributed by atoms with van der Waals surface area (Å²) in [6.45, 7) is 0.680. The van der Waals surface area contributed by atoms with Gasteiger partial charge in [-0.3, -0.25) is 4.79 Å². The average Bonchev–Trinajstić information content (AvgIpc) is 2.38. The highest BCUT2D eigenvalue weighted by atomic mass is 19.1. The van der Waals surface area contributed by atoms with E-state index in [0.29, 0.717) is 31.5 Å². The van der Waals surface area contributed by atoms with Gasteiger partial charge >= 0.3 is 6.09 Å². The first-order valence-corrected chi connectivity index (χ1v) is 5.83. The van der Waals surface area contributed by atoms with E-state index in [2.05, 4.69) is 0 Å². The van der Waals surface area contributed by atoms with Crippen LogP contribution in [0.15, 0.2) is 24.3 Å². The van der Waals surface area contributed by atoms with Gasteiger partial charge in [-0.2, -0.15) is 0 Å². The van der Waals surface area contributed by atoms with Crippen molar-refractivity contribution in [3.05, 3.63) is 35.6 Å². The van der Waals surface area contributed by atoms with Crippen molar-refractivity contribution < 1.29 is 18.7 Å². The molecule has 0 saturated carbocycles. The molecule has 1 amide bonds. The summed E-state index contributed by atoms with van der Waals surface area (Å²) in [6, 6.07) is 6.16. The van der Waals surface area contributed by atoms with Gasteiger partial charge < -0.3 is 9.64 Å². The molecule has 1 aliphatic rings. The van der Waals surface area contributed by atoms with E-state index in [1.165, 1.54) is 11.0 Å². The van der Waals surface area contributed by atoms with E-state index in [4.69, 9.17) is 4.74 Å². The second-order valence-corrected chi connectivity index (χ2v) is 4.17. The van der Waals surface area contributed by atoms with Gasteiger partial charge in [-0.05, 0) is 6.07 Å². The molecule has 18 heavy (non-hydrogen) atoms. The number of Topliss-reactive ketones (excluding diaryl/α,β-unsaturated/α-hetero) is 1. The number of hydrogen-bond acceptors (Lipinski definition) is 3. The Balaban J connectivity index is 1.85. The molecule has 1 aromatic carbocycles. The first-order chi connectivity index (χ1) is 8.66. The van der Waals surface area contributed by atoms with E-state index < -0.39 is 6.09 Å². The van der Waals surface area contributed by atoms with Crippen LogP contribution in [0.25, 0.3) is 0 Å². The van der Waals surface area contributed by atoms with Crippen LogP contribution in [-0.4, -0.2) is 29.9 Å². The van der Waals surface area contributed by atoms with Crippen LogP contribution in [0.5, 0.6) is 0 Å². The van der Waals surface area contributed by atoms with Crippen molar-refractivity contribution in [2.45, 2.75) is 19.4 Å². The summed E-state index contributed by atoms with van der Waals surface area (Å²) in [5.74, 6) is -0.229. The smallest absolute Gasteiger partial charge is 0.410 e. The molecule has 0 spiro atoms. The minimum Gasteiger partial charge on any atom is -0.444 e. The Bertz CT molecular complexity index is 451. The quantitative estimate of drug-likeness (QED) is 0.809. The molecule has 2 rings (SSSR count). The fraction of sp³-hybridized carbons (Fsp3) is 0.385. The van der Waals surface area contributed by atoms with Gasteiger partial charge in [0.2, 0.25) is 0 Å². The van der Waals surface area contributed by atoms with E-state index in [0.717, 1.165) is 0 Å². The first-order valence-electron chi connectivity index (χ1n) is 5.83. The van der Waals surface area contributed by atoms with Crippen LogP contribution in [-0.2, 0) is 16.1 Å². The number of rotatable bonds is 2. The Morgan fingerprint density at radius 1 is 1.28 bits per heavy atom. The van der Waals surface area contributed by atoms with E-state index >= 15 is 0 Å². The number of likely N-dealkylation sites (tertiary alicyclic amines) is 1. The van der Waals surface area contributed by atoms with Gasteiger partial charge in [-0.25, -0.2) is 9.18 Å². The lowest BCUT2D eigenvalue weighted by Crippen LogP contribution is -2.38. The number of hydrogen-bond donors (Lipinski definition) is 0. The Labute approximate surface area is 104 Å². The van der Waals surface area contributed by atoms with Gasteiger partial charge in [0.25, 0.3) is 0 Å². The zero-order chi connectivity index (χ0) is 13.0. The third-order valence-electron chi connectivity index (χ3n) is 2.89. The predicted octanol–water partition coefficient (Wildman–Crippen LogP) is 2.13. The van der Waals surface area contributed by atoms with Gasteiger partial charge in [-0.1, -0.05) is 18.2 Å². The van der Waals surface area contributed by atoms with Crippen molar-refractivity contribution in [1.29, 1.82) is 0 Å². The van der Waals surface area contributed by atoms with Crippen LogP contribution < -0.4 is 0 Å². The molecule has 0 aliphatic carbocycles. The summed E-state index contributed by atoms with van der Waals surface area (Å²) >= 11 is 0. The molecule has 4 nitrogen and oxygen atoms in total. The maximum atomic E-state index is 13.3. The second-order valence-electron chi connectivity index (χ2n) is 4.17. The highest BCUT2D eigenvalue weighted by Crippen LogP contribution is 2.11. The summed E-state index contributed by atoms with van der Waals surface area (Å²) in [5, 5.41) is 0. The summed E-state index contributed by atoms with van der Waals surface area (Å²) in [4.78, 5) is 24.2. The summed E-state index contributed by atoms with van der Waals surface area (Å²) in [6.07, 6.45) is 0.245. The molecule has 1 saturated heterocycles. The molecule has 0 N–H and O–H groups in total. The Kier molecular flexibility index (Phi) is 3.92. The van der Waals surface area contributed by atoms with Gasteiger partial charge in [0.15, 0.2) is 0 Å². The molecular weight excluding hydrogens is 237 g/mol. The SMILES string of the molecule is O=C1CCN(C(=O)OCc2ccccc2F)CC1. The van der Waals surface area contributed by atoms with Crippen LogP contribution in [0, 0.1) is 5.82 Å². The molecule has 1 aliphatic heterocycles. The summed E-state index contributed by atoms with van der Waals surface area (Å²) in [5.41, 5.74) is 0.346. The standard InChI is InChI=1S/C13H14FNO3/c14-12-4-2-1-3-10(12)9-18-13(17)15-7-5-11(16)6-8-15/h1-4H,5-9H2. The number of amides is 1. The molecule has 1 heterocycles. The molecule has 1 aromatic rings. The Morgan fingerprint density at radius 2 is 1.94 bits per heavy atom. The fourth-order valence-electron chi connectivity index (χ4n) is 1.78. The van der Waals surface area contributed by atoms with Crippen LogP contribution in [0.3, 0.4) is 0 Å². The summed E-state index contributed by atoms with van der Waals surface area (Å²) in [7, 11) is 0. The highest BCUT2D eigenvalue weighted by molar-refractivity contribution is 5.81. The molecule has 0 aromatic heterocycles. The topological polar surface area (TPSA) is 46.6 Å². The van der Waals surface area contributed by atoms with E-state index in [-0.39, 0.29) is 18.2 Å². The predicted molar refractivity (Wildman–Crippen MR) is 62.4 cm³/mol. The van der Waals surface area contributed by atoms with Gasteiger partial charge in [-0.15, -0.1) is 0 Å². The third kappa shape index (κ3) is 3.06. The number of piperidine rings is 1. The zero-order valence-corrected chi connectivity index (χ0v) is 9.89. The number of ketones is 1. The fourth-order valence-corrected chi connectivity index (χ4v) is 1.78. The molecular formula is C13H14FNO3. The minimum absolute atomic E-state index is 0.0873. The largest absolute Gasteiger partial charge is 0.444 e. The van der Waals surface area contributed by atoms with Crippen molar-refractivity contribution in [3.63, 3.8) is 0 Å². The van der Waals surface area contributed by atoms with Crippen molar-refractivity contribution >= 4 is 11.9 Å². The van der Waals surface area contributed by atoms with Gasteiger partial charge in [0.05, 0.1) is 0 Å². The molecule has 96 valence electrons. The lowest BCUT2D eigenvalue weighted by Gasteiger charge is -2.25. The number of benzene rings is 1. The monoisotopic (exact) mass is 251 g/mol. The normalized spacial score (nSPS) is 15.6. The molecule has 5 heteroatoms. The molecule has 0 atom stereocenters. The molecule has 0 unspecified atom stereocenters.